The molecule has 2 rings (SSSR count). The molecular formula is C14H14N2O3S. The van der Waals surface area contributed by atoms with Crippen molar-refractivity contribution in [2.75, 3.05) is 5.32 Å². The Labute approximate surface area is 117 Å². The number of primary sulfonamides is 1. The monoisotopic (exact) mass is 290 g/mol. The van der Waals surface area contributed by atoms with Crippen LogP contribution >= 0.6 is 0 Å². The molecule has 0 heterocycles. The van der Waals surface area contributed by atoms with E-state index in [1.807, 2.05) is 19.1 Å². The molecule has 0 bridgehead atoms. The van der Waals surface area contributed by atoms with Crippen LogP contribution in [-0.4, -0.2) is 14.3 Å². The van der Waals surface area contributed by atoms with Crippen molar-refractivity contribution < 1.29 is 13.2 Å². The lowest BCUT2D eigenvalue weighted by Crippen LogP contribution is -2.15. The third-order valence-corrected chi connectivity index (χ3v) is 3.72. The first-order chi connectivity index (χ1) is 9.38. The molecule has 20 heavy (non-hydrogen) atoms. The first-order valence-corrected chi connectivity index (χ1v) is 7.42. The highest BCUT2D eigenvalue weighted by Gasteiger charge is 2.11. The summed E-state index contributed by atoms with van der Waals surface area (Å²) in [5.74, 6) is -0.297. The first-order valence-electron chi connectivity index (χ1n) is 5.88. The molecule has 104 valence electrons. The van der Waals surface area contributed by atoms with Crippen molar-refractivity contribution in [3.05, 3.63) is 59.7 Å². The second-order valence-electron chi connectivity index (χ2n) is 4.34. The van der Waals surface area contributed by atoms with Crippen LogP contribution in [0.25, 0.3) is 0 Å². The smallest absolute Gasteiger partial charge is 0.255 e. The summed E-state index contributed by atoms with van der Waals surface area (Å²) in [4.78, 5) is 12.1. The van der Waals surface area contributed by atoms with Gasteiger partial charge < -0.3 is 5.32 Å². The molecule has 3 N–H and O–H groups in total. The highest BCUT2D eigenvalue weighted by molar-refractivity contribution is 7.89. The summed E-state index contributed by atoms with van der Waals surface area (Å²) in [5.41, 5.74) is 1.76. The van der Waals surface area contributed by atoms with Gasteiger partial charge in [0, 0.05) is 11.3 Å². The van der Waals surface area contributed by atoms with Crippen LogP contribution in [0.5, 0.6) is 0 Å². The summed E-state index contributed by atoms with van der Waals surface area (Å²) in [6.45, 7) is 1.83. The Hall–Kier alpha value is -2.18. The van der Waals surface area contributed by atoms with Crippen LogP contribution in [0, 0.1) is 6.92 Å². The van der Waals surface area contributed by atoms with E-state index in [1.165, 1.54) is 18.2 Å². The van der Waals surface area contributed by atoms with Gasteiger partial charge in [-0.05, 0) is 36.8 Å². The van der Waals surface area contributed by atoms with E-state index in [2.05, 4.69) is 5.32 Å². The zero-order valence-electron chi connectivity index (χ0n) is 10.8. The molecule has 1 amide bonds. The van der Waals surface area contributed by atoms with E-state index in [0.717, 1.165) is 5.56 Å². The van der Waals surface area contributed by atoms with Crippen molar-refractivity contribution in [3.8, 4) is 0 Å². The quantitative estimate of drug-likeness (QED) is 0.904. The fourth-order valence-electron chi connectivity index (χ4n) is 1.78. The van der Waals surface area contributed by atoms with Crippen LogP contribution < -0.4 is 10.5 Å². The summed E-state index contributed by atoms with van der Waals surface area (Å²) in [6.07, 6.45) is 0. The van der Waals surface area contributed by atoms with Crippen LogP contribution in [0.15, 0.2) is 53.4 Å². The first kappa shape index (κ1) is 14.2. The number of carbonyl (C=O) groups excluding carboxylic acids is 1. The van der Waals surface area contributed by atoms with Crippen molar-refractivity contribution in [2.24, 2.45) is 5.14 Å². The number of aryl methyl sites for hydroxylation is 1. The molecule has 2 aromatic carbocycles. The molecule has 5 nitrogen and oxygen atoms in total. The molecule has 0 radical (unpaired) electrons. The largest absolute Gasteiger partial charge is 0.322 e. The van der Waals surface area contributed by atoms with Gasteiger partial charge in [-0.25, -0.2) is 13.6 Å². The summed E-state index contributed by atoms with van der Waals surface area (Å²) < 4.78 is 22.5. The fraction of sp³-hybridized carbons (Fsp3) is 0.0714. The summed E-state index contributed by atoms with van der Waals surface area (Å²) in [7, 11) is -3.79. The minimum absolute atomic E-state index is 0.0416. The molecule has 0 spiro atoms. The Morgan fingerprint density at radius 3 is 2.45 bits per heavy atom. The Kier molecular flexibility index (Phi) is 3.87. The van der Waals surface area contributed by atoms with E-state index >= 15 is 0 Å². The van der Waals surface area contributed by atoms with Crippen molar-refractivity contribution in [1.29, 1.82) is 0 Å². The number of hydrogen-bond acceptors (Lipinski definition) is 3. The van der Waals surface area contributed by atoms with Gasteiger partial charge in [0.2, 0.25) is 10.0 Å². The summed E-state index contributed by atoms with van der Waals surface area (Å²) in [5, 5.41) is 7.70. The van der Waals surface area contributed by atoms with Crippen molar-refractivity contribution in [1.82, 2.24) is 0 Å². The Bertz CT molecular complexity index is 755. The predicted octanol–water partition coefficient (Wildman–Crippen LogP) is 1.89. The molecule has 0 unspecified atom stereocenters. The lowest BCUT2D eigenvalue weighted by atomic mass is 10.1. The second kappa shape index (κ2) is 5.44. The van der Waals surface area contributed by atoms with Crippen LogP contribution in [0.2, 0.25) is 0 Å². The third-order valence-electron chi connectivity index (χ3n) is 2.81. The van der Waals surface area contributed by atoms with Crippen molar-refractivity contribution >= 4 is 21.6 Å². The molecular weight excluding hydrogens is 276 g/mol. The van der Waals surface area contributed by atoms with Crippen LogP contribution in [0.4, 0.5) is 5.69 Å². The van der Waals surface area contributed by atoms with Crippen molar-refractivity contribution in [3.63, 3.8) is 0 Å². The molecule has 0 aromatic heterocycles. The number of nitrogens with one attached hydrogen (secondary N) is 1. The molecule has 0 atom stereocenters. The molecule has 0 aliphatic rings. The summed E-state index contributed by atoms with van der Waals surface area (Å²) in [6, 6.07) is 13.0. The normalized spacial score (nSPS) is 11.1. The number of hydrogen-bond donors (Lipinski definition) is 2. The van der Waals surface area contributed by atoms with Gasteiger partial charge in [0.15, 0.2) is 0 Å². The topological polar surface area (TPSA) is 89.3 Å². The maximum atomic E-state index is 12.1. The number of amides is 1. The minimum atomic E-state index is -3.79. The van der Waals surface area contributed by atoms with E-state index in [0.29, 0.717) is 11.3 Å². The van der Waals surface area contributed by atoms with E-state index < -0.39 is 10.0 Å². The minimum Gasteiger partial charge on any atom is -0.322 e. The zero-order valence-corrected chi connectivity index (χ0v) is 11.6. The zero-order chi connectivity index (χ0) is 14.8. The molecule has 0 saturated carbocycles. The Morgan fingerprint density at radius 2 is 1.80 bits per heavy atom. The molecule has 0 fully saturated rings. The SMILES string of the molecule is Cc1ccccc1C(=O)Nc1cccc(S(N)(=O)=O)c1. The predicted molar refractivity (Wildman–Crippen MR) is 76.9 cm³/mol. The van der Waals surface area contributed by atoms with E-state index in [9.17, 15) is 13.2 Å². The average molecular weight is 290 g/mol. The third kappa shape index (κ3) is 3.23. The maximum absolute atomic E-state index is 12.1. The number of carbonyl (C=O) groups is 1. The number of rotatable bonds is 3. The molecule has 0 saturated heterocycles. The standard InChI is InChI=1S/C14H14N2O3S/c1-10-5-2-3-8-13(10)14(17)16-11-6-4-7-12(9-11)20(15,18)19/h2-9H,1H3,(H,16,17)(H2,15,18,19). The van der Waals surface area contributed by atoms with E-state index in [1.54, 1.807) is 18.2 Å². The van der Waals surface area contributed by atoms with Crippen LogP contribution in [0.3, 0.4) is 0 Å². The van der Waals surface area contributed by atoms with Gasteiger partial charge in [0.25, 0.3) is 5.91 Å². The van der Waals surface area contributed by atoms with Crippen molar-refractivity contribution in [2.45, 2.75) is 11.8 Å². The molecule has 0 aliphatic heterocycles. The lowest BCUT2D eigenvalue weighted by Gasteiger charge is -2.08. The lowest BCUT2D eigenvalue weighted by molar-refractivity contribution is 0.102. The van der Waals surface area contributed by atoms with Gasteiger partial charge in [-0.1, -0.05) is 24.3 Å². The number of nitrogens with two attached hydrogens (primary N) is 1. The summed E-state index contributed by atoms with van der Waals surface area (Å²) >= 11 is 0. The number of benzene rings is 2. The maximum Gasteiger partial charge on any atom is 0.255 e. The van der Waals surface area contributed by atoms with Gasteiger partial charge in [-0.2, -0.15) is 0 Å². The highest BCUT2D eigenvalue weighted by Crippen LogP contribution is 2.16. The fourth-order valence-corrected chi connectivity index (χ4v) is 2.34. The van der Waals surface area contributed by atoms with Gasteiger partial charge >= 0.3 is 0 Å². The Balaban J connectivity index is 2.27. The van der Waals surface area contributed by atoms with Gasteiger partial charge in [0.05, 0.1) is 4.90 Å². The van der Waals surface area contributed by atoms with Gasteiger partial charge in [-0.15, -0.1) is 0 Å². The molecule has 0 aliphatic carbocycles. The van der Waals surface area contributed by atoms with E-state index in [-0.39, 0.29) is 10.8 Å². The molecule has 2 aromatic rings. The Morgan fingerprint density at radius 1 is 1.10 bits per heavy atom. The highest BCUT2D eigenvalue weighted by atomic mass is 32.2. The van der Waals surface area contributed by atoms with E-state index in [4.69, 9.17) is 5.14 Å². The van der Waals surface area contributed by atoms with Crippen LogP contribution in [-0.2, 0) is 10.0 Å². The number of anilines is 1. The van der Waals surface area contributed by atoms with Crippen LogP contribution in [0.1, 0.15) is 15.9 Å². The molecule has 6 heteroatoms. The van der Waals surface area contributed by atoms with Gasteiger partial charge in [-0.3, -0.25) is 4.79 Å². The number of sulfonamides is 1. The van der Waals surface area contributed by atoms with Gasteiger partial charge in [0.1, 0.15) is 0 Å². The second-order valence-corrected chi connectivity index (χ2v) is 5.90. The average Bonchev–Trinajstić information content (AvgIpc) is 2.38.